The van der Waals surface area contributed by atoms with Crippen LogP contribution in [0.15, 0.2) is 54.6 Å². The zero-order valence-electron chi connectivity index (χ0n) is 15.1. The predicted octanol–water partition coefficient (Wildman–Crippen LogP) is 6.55. The number of carbonyl (C=O) groups is 1. The number of para-hydroxylation sites is 1. The van der Waals surface area contributed by atoms with Crippen LogP contribution in [0.1, 0.15) is 25.8 Å². The second-order valence-electron chi connectivity index (χ2n) is 7.40. The summed E-state index contributed by atoms with van der Waals surface area (Å²) in [5, 5.41) is 0. The Morgan fingerprint density at radius 1 is 1.04 bits per heavy atom. The fraction of sp³-hybridized carbons (Fsp3) is 0.381. The van der Waals surface area contributed by atoms with Crippen LogP contribution in [0.4, 0.5) is 0 Å². The van der Waals surface area contributed by atoms with Gasteiger partial charge >= 0.3 is 5.97 Å². The van der Waals surface area contributed by atoms with E-state index in [1.165, 1.54) is 0 Å². The molecule has 0 radical (unpaired) electrons. The molecule has 0 heterocycles. The Bertz CT molecular complexity index is 800. The monoisotopic (exact) mass is 426 g/mol. The number of esters is 1. The second-order valence-corrected chi connectivity index (χ2v) is 9.91. The van der Waals surface area contributed by atoms with Crippen molar-refractivity contribution in [1.29, 1.82) is 0 Å². The molecule has 144 valence electrons. The lowest BCUT2D eigenvalue weighted by Gasteiger charge is -2.10. The third kappa shape index (κ3) is 5.31. The molecule has 27 heavy (non-hydrogen) atoms. The van der Waals surface area contributed by atoms with Gasteiger partial charge < -0.3 is 9.47 Å². The van der Waals surface area contributed by atoms with Crippen molar-refractivity contribution in [2.75, 3.05) is 0 Å². The van der Waals surface area contributed by atoms with Crippen LogP contribution >= 0.6 is 34.8 Å². The Balaban J connectivity index is 1.57. The topological polar surface area (TPSA) is 35.5 Å². The van der Waals surface area contributed by atoms with Crippen molar-refractivity contribution in [2.24, 2.45) is 17.3 Å². The number of benzene rings is 2. The van der Waals surface area contributed by atoms with Crippen molar-refractivity contribution in [3.8, 4) is 11.5 Å². The predicted molar refractivity (Wildman–Crippen MR) is 108 cm³/mol. The Morgan fingerprint density at radius 2 is 1.70 bits per heavy atom. The van der Waals surface area contributed by atoms with Crippen LogP contribution < -0.4 is 4.74 Å². The highest BCUT2D eigenvalue weighted by atomic mass is 35.6. The van der Waals surface area contributed by atoms with Gasteiger partial charge in [0.05, 0.1) is 5.92 Å². The molecule has 2 aromatic carbocycles. The van der Waals surface area contributed by atoms with E-state index in [1.54, 1.807) is 0 Å². The van der Waals surface area contributed by atoms with E-state index in [-0.39, 0.29) is 29.8 Å². The number of alkyl halides is 3. The maximum atomic E-state index is 12.5. The number of halogens is 3. The molecule has 0 amide bonds. The molecule has 0 bridgehead atoms. The van der Waals surface area contributed by atoms with Gasteiger partial charge in [0.2, 0.25) is 0 Å². The third-order valence-electron chi connectivity index (χ3n) is 5.01. The number of hydrogen-bond donors (Lipinski definition) is 0. The van der Waals surface area contributed by atoms with Crippen LogP contribution in [0.25, 0.3) is 0 Å². The summed E-state index contributed by atoms with van der Waals surface area (Å²) in [6.45, 7) is 4.17. The zero-order chi connectivity index (χ0) is 19.7. The molecule has 1 fully saturated rings. The van der Waals surface area contributed by atoms with Crippen LogP contribution in [0.2, 0.25) is 0 Å². The van der Waals surface area contributed by atoms with E-state index in [9.17, 15) is 4.79 Å². The first-order chi connectivity index (χ1) is 12.7. The van der Waals surface area contributed by atoms with Crippen molar-refractivity contribution < 1.29 is 14.3 Å². The van der Waals surface area contributed by atoms with E-state index in [4.69, 9.17) is 44.3 Å². The molecule has 2 aromatic rings. The molecule has 2 atom stereocenters. The first kappa shape index (κ1) is 20.3. The molecule has 0 saturated heterocycles. The van der Waals surface area contributed by atoms with Crippen molar-refractivity contribution >= 4 is 40.8 Å². The Kier molecular flexibility index (Phi) is 5.95. The molecule has 2 unspecified atom stereocenters. The zero-order valence-corrected chi connectivity index (χ0v) is 17.4. The summed E-state index contributed by atoms with van der Waals surface area (Å²) in [5.41, 5.74) is 0.632. The maximum Gasteiger partial charge on any atom is 0.310 e. The minimum atomic E-state index is -1.36. The largest absolute Gasteiger partial charge is 0.461 e. The first-order valence-corrected chi connectivity index (χ1v) is 9.85. The van der Waals surface area contributed by atoms with E-state index >= 15 is 0 Å². The van der Waals surface area contributed by atoms with Gasteiger partial charge in [0.1, 0.15) is 18.1 Å². The van der Waals surface area contributed by atoms with Gasteiger partial charge in [-0.25, -0.2) is 0 Å². The summed E-state index contributed by atoms with van der Waals surface area (Å²) >= 11 is 17.7. The van der Waals surface area contributed by atoms with E-state index < -0.39 is 3.79 Å². The van der Waals surface area contributed by atoms with Crippen molar-refractivity contribution in [3.05, 3.63) is 60.2 Å². The molecule has 0 spiro atoms. The number of rotatable bonds is 6. The van der Waals surface area contributed by atoms with Gasteiger partial charge in [-0.2, -0.15) is 0 Å². The second kappa shape index (κ2) is 7.90. The SMILES string of the molecule is CC1(C)C(CC(Cl)(Cl)Cl)C1C(=O)OCc1cccc(Oc2ccccc2)c1. The molecule has 3 nitrogen and oxygen atoms in total. The van der Waals surface area contributed by atoms with Gasteiger partial charge in [0, 0.05) is 0 Å². The molecule has 1 aliphatic carbocycles. The first-order valence-electron chi connectivity index (χ1n) is 8.72. The number of carbonyl (C=O) groups excluding carboxylic acids is 1. The van der Waals surface area contributed by atoms with Crippen molar-refractivity contribution in [3.63, 3.8) is 0 Å². The highest BCUT2D eigenvalue weighted by Gasteiger charge is 2.63. The molecular formula is C21H21Cl3O3. The van der Waals surface area contributed by atoms with Gasteiger partial charge in [-0.1, -0.05) is 79.0 Å². The summed E-state index contributed by atoms with van der Waals surface area (Å²) in [5.74, 6) is 0.937. The van der Waals surface area contributed by atoms with Gasteiger partial charge in [-0.3, -0.25) is 4.79 Å². The fourth-order valence-electron chi connectivity index (χ4n) is 3.41. The van der Waals surface area contributed by atoms with Crippen molar-refractivity contribution in [1.82, 2.24) is 0 Å². The number of ether oxygens (including phenoxy) is 2. The Hall–Kier alpha value is -1.42. The van der Waals surface area contributed by atoms with Crippen LogP contribution in [0, 0.1) is 17.3 Å². The minimum Gasteiger partial charge on any atom is -0.461 e. The molecule has 6 heteroatoms. The summed E-state index contributed by atoms with van der Waals surface area (Å²) in [6, 6.07) is 17.0. The summed E-state index contributed by atoms with van der Waals surface area (Å²) in [4.78, 5) is 12.5. The quantitative estimate of drug-likeness (QED) is 0.387. The highest BCUT2D eigenvalue weighted by molar-refractivity contribution is 6.67. The lowest BCUT2D eigenvalue weighted by molar-refractivity contribution is -0.147. The third-order valence-corrected chi connectivity index (χ3v) is 5.48. The molecule has 1 saturated carbocycles. The van der Waals surface area contributed by atoms with E-state index in [0.29, 0.717) is 12.2 Å². The Morgan fingerprint density at radius 3 is 2.37 bits per heavy atom. The van der Waals surface area contributed by atoms with Gasteiger partial charge in [-0.05, 0) is 47.6 Å². The lowest BCUT2D eigenvalue weighted by Crippen LogP contribution is -2.11. The minimum absolute atomic E-state index is 0.00486. The maximum absolute atomic E-state index is 12.5. The summed E-state index contributed by atoms with van der Waals surface area (Å²) in [6.07, 6.45) is 0.338. The van der Waals surface area contributed by atoms with Gasteiger partial charge in [-0.15, -0.1) is 0 Å². The smallest absolute Gasteiger partial charge is 0.310 e. The van der Waals surface area contributed by atoms with Gasteiger partial charge in [0.25, 0.3) is 0 Å². The normalized spacial score (nSPS) is 20.8. The average molecular weight is 428 g/mol. The molecule has 0 N–H and O–H groups in total. The van der Waals surface area contributed by atoms with E-state index in [2.05, 4.69) is 0 Å². The molecule has 3 rings (SSSR count). The summed E-state index contributed by atoms with van der Waals surface area (Å²) in [7, 11) is 0. The van der Waals surface area contributed by atoms with E-state index in [1.807, 2.05) is 68.4 Å². The molecule has 0 aliphatic heterocycles. The highest BCUT2D eigenvalue weighted by Crippen LogP contribution is 2.63. The standard InChI is InChI=1S/C21H21Cl3O3/c1-20(2)17(12-21(22,23)24)18(20)19(25)26-13-14-7-6-10-16(11-14)27-15-8-4-3-5-9-15/h3-11,17-18H,12-13H2,1-2H3. The Labute approximate surface area is 174 Å². The summed E-state index contributed by atoms with van der Waals surface area (Å²) < 4.78 is 9.96. The van der Waals surface area contributed by atoms with Crippen molar-refractivity contribution in [2.45, 2.75) is 30.7 Å². The number of hydrogen-bond acceptors (Lipinski definition) is 3. The van der Waals surface area contributed by atoms with Crippen LogP contribution in [-0.2, 0) is 16.1 Å². The van der Waals surface area contributed by atoms with Crippen LogP contribution in [0.3, 0.4) is 0 Å². The van der Waals surface area contributed by atoms with Crippen LogP contribution in [-0.4, -0.2) is 9.76 Å². The average Bonchev–Trinajstić information content (AvgIpc) is 3.12. The van der Waals surface area contributed by atoms with Gasteiger partial charge in [0.15, 0.2) is 3.79 Å². The van der Waals surface area contributed by atoms with Crippen LogP contribution in [0.5, 0.6) is 11.5 Å². The van der Waals surface area contributed by atoms with E-state index in [0.717, 1.165) is 11.3 Å². The fourth-order valence-corrected chi connectivity index (χ4v) is 3.91. The molecular weight excluding hydrogens is 407 g/mol. The lowest BCUT2D eigenvalue weighted by atomic mass is 10.1. The molecule has 0 aromatic heterocycles. The molecule has 1 aliphatic rings.